The summed E-state index contributed by atoms with van der Waals surface area (Å²) < 4.78 is 31.5. The van der Waals surface area contributed by atoms with Gasteiger partial charge in [-0.05, 0) is 25.4 Å². The molecular formula is C11H13N5O4S. The number of para-hydroxylation sites is 1. The maximum absolute atomic E-state index is 11.2. The number of aliphatic hydroxyl groups excluding tert-OH is 1. The molecule has 0 aliphatic rings. The Balaban J connectivity index is 3.12. The van der Waals surface area contributed by atoms with Gasteiger partial charge in [-0.1, -0.05) is 12.1 Å². The molecule has 0 saturated heterocycles. The van der Waals surface area contributed by atoms with Crippen molar-refractivity contribution in [3.8, 4) is 0 Å². The van der Waals surface area contributed by atoms with E-state index in [0.717, 1.165) is 0 Å². The van der Waals surface area contributed by atoms with Crippen molar-refractivity contribution >= 4 is 34.4 Å². The minimum absolute atomic E-state index is 0.00693. The highest BCUT2D eigenvalue weighted by Gasteiger charge is 2.15. The Morgan fingerprint density at radius 1 is 1.29 bits per heavy atom. The second-order valence-electron chi connectivity index (χ2n) is 3.58. The molecular weight excluding hydrogens is 298 g/mol. The van der Waals surface area contributed by atoms with E-state index in [1.54, 1.807) is 0 Å². The minimum Gasteiger partial charge on any atom is -0.494 e. The van der Waals surface area contributed by atoms with Crippen molar-refractivity contribution in [2.24, 2.45) is 20.7 Å². The van der Waals surface area contributed by atoms with Crippen LogP contribution in [0.25, 0.3) is 0 Å². The Hall–Kier alpha value is -2.72. The molecule has 1 aromatic carbocycles. The third kappa shape index (κ3) is 5.04. The molecule has 1 aromatic rings. The number of benzene rings is 1. The Labute approximate surface area is 121 Å². The van der Waals surface area contributed by atoms with E-state index in [2.05, 4.69) is 33.6 Å². The van der Waals surface area contributed by atoms with Gasteiger partial charge in [0.15, 0.2) is 0 Å². The van der Waals surface area contributed by atoms with Crippen molar-refractivity contribution in [2.45, 2.75) is 4.90 Å². The quantitative estimate of drug-likeness (QED) is 0.280. The molecule has 9 nitrogen and oxygen atoms in total. The molecule has 0 saturated carbocycles. The fourth-order valence-electron chi connectivity index (χ4n) is 1.28. The first kappa shape index (κ1) is 16.3. The number of hydrogen-bond donors (Lipinski definition) is 4. The summed E-state index contributed by atoms with van der Waals surface area (Å²) in [5.74, 6) is -1.11. The summed E-state index contributed by atoms with van der Waals surface area (Å²) in [5.41, 5.74) is 5.56. The van der Waals surface area contributed by atoms with Crippen LogP contribution in [0.4, 0.5) is 5.69 Å². The lowest BCUT2D eigenvalue weighted by molar-refractivity contribution is 0.409. The molecule has 0 aliphatic carbocycles. The average molecular weight is 311 g/mol. The first-order valence-corrected chi connectivity index (χ1v) is 6.79. The SMILES string of the molecule is C=NC(=N/C(=C)O)/N=C(\N)Nc1ccccc1S(=O)(=O)O. The van der Waals surface area contributed by atoms with Gasteiger partial charge in [0.1, 0.15) is 4.90 Å². The highest BCUT2D eigenvalue weighted by molar-refractivity contribution is 7.86. The fourth-order valence-corrected chi connectivity index (χ4v) is 1.93. The van der Waals surface area contributed by atoms with Crippen LogP contribution in [0.3, 0.4) is 0 Å². The first-order chi connectivity index (χ1) is 9.74. The average Bonchev–Trinajstić information content (AvgIpc) is 2.36. The zero-order chi connectivity index (χ0) is 16.0. The number of aliphatic hydroxyl groups is 1. The van der Waals surface area contributed by atoms with Crippen molar-refractivity contribution in [2.75, 3.05) is 5.32 Å². The molecule has 0 spiro atoms. The predicted octanol–water partition coefficient (Wildman–Crippen LogP) is 0.746. The number of guanidine groups is 2. The lowest BCUT2D eigenvalue weighted by Crippen LogP contribution is -2.24. The molecule has 0 amide bonds. The molecule has 0 radical (unpaired) electrons. The van der Waals surface area contributed by atoms with Crippen LogP contribution in [0.1, 0.15) is 0 Å². The maximum Gasteiger partial charge on any atom is 0.296 e. The van der Waals surface area contributed by atoms with Gasteiger partial charge in [-0.2, -0.15) is 18.4 Å². The first-order valence-electron chi connectivity index (χ1n) is 5.35. The van der Waals surface area contributed by atoms with Crippen molar-refractivity contribution < 1.29 is 18.1 Å². The van der Waals surface area contributed by atoms with Crippen molar-refractivity contribution in [1.82, 2.24) is 0 Å². The Bertz CT molecular complexity index is 724. The number of hydrogen-bond acceptors (Lipinski definition) is 4. The zero-order valence-electron chi connectivity index (χ0n) is 10.8. The number of nitrogens with zero attached hydrogens (tertiary/aromatic N) is 3. The molecule has 0 aliphatic heterocycles. The Kier molecular flexibility index (Phi) is 5.16. The highest BCUT2D eigenvalue weighted by Crippen LogP contribution is 2.19. The van der Waals surface area contributed by atoms with E-state index < -0.39 is 16.0 Å². The van der Waals surface area contributed by atoms with Crippen LogP contribution in [-0.2, 0) is 10.1 Å². The molecule has 0 fully saturated rings. The summed E-state index contributed by atoms with van der Waals surface area (Å²) in [7, 11) is -4.43. The van der Waals surface area contributed by atoms with Gasteiger partial charge >= 0.3 is 0 Å². The second-order valence-corrected chi connectivity index (χ2v) is 4.97. The molecule has 21 heavy (non-hydrogen) atoms. The van der Waals surface area contributed by atoms with Gasteiger partial charge in [-0.15, -0.1) is 0 Å². The van der Waals surface area contributed by atoms with E-state index in [-0.39, 0.29) is 22.5 Å². The molecule has 5 N–H and O–H groups in total. The minimum atomic E-state index is -4.43. The molecule has 10 heteroatoms. The Morgan fingerprint density at radius 3 is 2.43 bits per heavy atom. The fraction of sp³-hybridized carbons (Fsp3) is 0. The Morgan fingerprint density at radius 2 is 1.90 bits per heavy atom. The van der Waals surface area contributed by atoms with Gasteiger partial charge in [0.2, 0.25) is 11.8 Å². The van der Waals surface area contributed by atoms with Gasteiger partial charge in [-0.25, -0.2) is 4.99 Å². The van der Waals surface area contributed by atoms with Gasteiger partial charge in [-0.3, -0.25) is 4.55 Å². The third-order valence-electron chi connectivity index (χ3n) is 2.02. The topological polar surface area (TPSA) is 150 Å². The number of nitrogens with one attached hydrogen (secondary N) is 1. The van der Waals surface area contributed by atoms with Gasteiger partial charge < -0.3 is 16.2 Å². The smallest absolute Gasteiger partial charge is 0.296 e. The van der Waals surface area contributed by atoms with E-state index in [4.69, 9.17) is 15.4 Å². The lowest BCUT2D eigenvalue weighted by atomic mass is 10.3. The van der Waals surface area contributed by atoms with Crippen LogP contribution in [0.15, 0.2) is 56.6 Å². The standard InChI is InChI=1S/C11H13N5O4S/c1-7(17)14-11(13-2)16-10(12)15-8-5-3-4-6-9(8)21(18,19)20/h3-6,17H,1-2H2,(H,18,19,20)(H3,12,14,15,16). The molecule has 1 rings (SSSR count). The van der Waals surface area contributed by atoms with E-state index >= 15 is 0 Å². The summed E-state index contributed by atoms with van der Waals surface area (Å²) in [5, 5.41) is 11.4. The lowest BCUT2D eigenvalue weighted by Gasteiger charge is -2.08. The normalized spacial score (nSPS) is 12.8. The molecule has 0 unspecified atom stereocenters. The third-order valence-corrected chi connectivity index (χ3v) is 2.93. The van der Waals surface area contributed by atoms with Crippen LogP contribution in [-0.4, -0.2) is 36.7 Å². The van der Waals surface area contributed by atoms with Crippen LogP contribution in [0.5, 0.6) is 0 Å². The molecule has 0 atom stereocenters. The van der Waals surface area contributed by atoms with Gasteiger partial charge in [0, 0.05) is 0 Å². The van der Waals surface area contributed by atoms with Crippen LogP contribution in [0.2, 0.25) is 0 Å². The van der Waals surface area contributed by atoms with Crippen molar-refractivity contribution in [1.29, 1.82) is 0 Å². The number of anilines is 1. The summed E-state index contributed by atoms with van der Waals surface area (Å²) in [6.07, 6.45) is 0. The van der Waals surface area contributed by atoms with E-state index in [9.17, 15) is 8.42 Å². The summed E-state index contributed by atoms with van der Waals surface area (Å²) >= 11 is 0. The summed E-state index contributed by atoms with van der Waals surface area (Å²) in [6, 6.07) is 5.51. The van der Waals surface area contributed by atoms with E-state index in [0.29, 0.717) is 0 Å². The van der Waals surface area contributed by atoms with E-state index in [1.165, 1.54) is 24.3 Å². The number of rotatable bonds is 3. The largest absolute Gasteiger partial charge is 0.494 e. The second kappa shape index (κ2) is 6.63. The molecule has 0 aromatic heterocycles. The number of nitrogens with two attached hydrogens (primary N) is 1. The highest BCUT2D eigenvalue weighted by atomic mass is 32.2. The van der Waals surface area contributed by atoms with Gasteiger partial charge in [0.25, 0.3) is 16.1 Å². The maximum atomic E-state index is 11.2. The van der Waals surface area contributed by atoms with Gasteiger partial charge in [0.05, 0.1) is 5.69 Å². The zero-order valence-corrected chi connectivity index (χ0v) is 11.6. The van der Waals surface area contributed by atoms with Crippen LogP contribution in [0, 0.1) is 0 Å². The monoisotopic (exact) mass is 311 g/mol. The van der Waals surface area contributed by atoms with E-state index in [1.807, 2.05) is 0 Å². The predicted molar refractivity (Wildman–Crippen MR) is 80.3 cm³/mol. The molecule has 112 valence electrons. The summed E-state index contributed by atoms with van der Waals surface area (Å²) in [6.45, 7) is 6.29. The molecule has 0 heterocycles. The molecule has 0 bridgehead atoms. The van der Waals surface area contributed by atoms with Crippen molar-refractivity contribution in [3.63, 3.8) is 0 Å². The van der Waals surface area contributed by atoms with Crippen LogP contribution >= 0.6 is 0 Å². The van der Waals surface area contributed by atoms with Crippen molar-refractivity contribution in [3.05, 3.63) is 36.7 Å². The summed E-state index contributed by atoms with van der Waals surface area (Å²) in [4.78, 5) is 10.1. The van der Waals surface area contributed by atoms with Crippen LogP contribution < -0.4 is 11.1 Å². The number of aliphatic imine (C=N–C) groups is 3.